The summed E-state index contributed by atoms with van der Waals surface area (Å²) in [5, 5.41) is 12.6. The molecule has 1 N–H and O–H groups in total. The smallest absolute Gasteiger partial charge is 0.341 e. The van der Waals surface area contributed by atoms with Gasteiger partial charge < -0.3 is 10.1 Å². The van der Waals surface area contributed by atoms with Crippen molar-refractivity contribution in [1.29, 1.82) is 5.26 Å². The first-order chi connectivity index (χ1) is 12.1. The number of halogens is 1. The minimum Gasteiger partial charge on any atom is -0.452 e. The van der Waals surface area contributed by atoms with Gasteiger partial charge in [0.25, 0.3) is 5.91 Å². The molecule has 25 heavy (non-hydrogen) atoms. The normalized spacial score (nSPS) is 12.8. The summed E-state index contributed by atoms with van der Waals surface area (Å²) in [6.45, 7) is -0.461. The number of anilines is 1. The van der Waals surface area contributed by atoms with E-state index in [9.17, 15) is 14.9 Å². The third-order valence-corrected chi connectivity index (χ3v) is 5.36. The van der Waals surface area contributed by atoms with Crippen molar-refractivity contribution in [2.24, 2.45) is 0 Å². The number of ether oxygens (including phenoxy) is 1. The Labute approximate surface area is 153 Å². The van der Waals surface area contributed by atoms with Crippen LogP contribution in [0.25, 0.3) is 0 Å². The number of nitrogens with one attached hydrogen (secondary N) is 1. The molecule has 0 unspecified atom stereocenters. The highest BCUT2D eigenvalue weighted by molar-refractivity contribution is 7.16. The van der Waals surface area contributed by atoms with Gasteiger partial charge >= 0.3 is 5.97 Å². The molecule has 1 aliphatic carbocycles. The van der Waals surface area contributed by atoms with Crippen LogP contribution in [-0.4, -0.2) is 23.5 Å². The van der Waals surface area contributed by atoms with Gasteiger partial charge in [-0.1, -0.05) is 11.6 Å². The van der Waals surface area contributed by atoms with Crippen LogP contribution in [0.2, 0.25) is 5.15 Å². The summed E-state index contributed by atoms with van der Waals surface area (Å²) in [6.07, 6.45) is 5.39. The number of carbonyl (C=O) groups is 2. The molecule has 1 amide bonds. The fourth-order valence-electron chi connectivity index (χ4n) is 2.68. The number of fused-ring (bicyclic) bond motifs is 1. The number of nitrogens with zero attached hydrogens (tertiary/aromatic N) is 2. The maximum Gasteiger partial charge on any atom is 0.341 e. The molecule has 0 aliphatic heterocycles. The Morgan fingerprint density at radius 2 is 2.20 bits per heavy atom. The predicted molar refractivity (Wildman–Crippen MR) is 93.8 cm³/mol. The molecule has 0 radical (unpaired) electrons. The van der Waals surface area contributed by atoms with Crippen LogP contribution in [0.3, 0.4) is 0 Å². The summed E-state index contributed by atoms with van der Waals surface area (Å²) in [5.74, 6) is -1.22. The van der Waals surface area contributed by atoms with E-state index in [-0.39, 0.29) is 10.7 Å². The number of carbonyl (C=O) groups excluding carboxylic acids is 2. The monoisotopic (exact) mass is 375 g/mol. The Kier molecular flexibility index (Phi) is 5.31. The van der Waals surface area contributed by atoms with Gasteiger partial charge in [0.1, 0.15) is 16.2 Å². The molecule has 128 valence electrons. The molecule has 2 aromatic rings. The zero-order chi connectivity index (χ0) is 17.8. The zero-order valence-electron chi connectivity index (χ0n) is 13.2. The number of hydrogen-bond acceptors (Lipinski definition) is 6. The topological polar surface area (TPSA) is 92.1 Å². The second kappa shape index (κ2) is 7.64. The first kappa shape index (κ1) is 17.4. The molecule has 0 bridgehead atoms. The molecule has 6 nitrogen and oxygen atoms in total. The van der Waals surface area contributed by atoms with Crippen molar-refractivity contribution in [2.75, 3.05) is 11.9 Å². The fourth-order valence-corrected chi connectivity index (χ4v) is 4.13. The van der Waals surface area contributed by atoms with Crippen molar-refractivity contribution in [3.05, 3.63) is 45.1 Å². The minimum atomic E-state index is -0.723. The standard InChI is InChI=1S/C17H14ClN3O3S/c18-15-11(5-3-7-20-15)17(23)24-9-14(22)21-16-12(8-19)10-4-1-2-6-13(10)25-16/h3,5,7H,1-2,4,6,9H2,(H,21,22). The number of amides is 1. The second-order valence-corrected chi connectivity index (χ2v) is 6.96. The Balaban J connectivity index is 1.64. The van der Waals surface area contributed by atoms with Crippen molar-refractivity contribution < 1.29 is 14.3 Å². The van der Waals surface area contributed by atoms with E-state index < -0.39 is 18.5 Å². The molecule has 3 rings (SSSR count). The lowest BCUT2D eigenvalue weighted by atomic mass is 9.96. The summed E-state index contributed by atoms with van der Waals surface area (Å²) in [7, 11) is 0. The molecule has 0 atom stereocenters. The number of hydrogen-bond donors (Lipinski definition) is 1. The third-order valence-electron chi connectivity index (χ3n) is 3.85. The molecule has 8 heteroatoms. The van der Waals surface area contributed by atoms with Gasteiger partial charge in [-0.15, -0.1) is 11.3 Å². The average molecular weight is 376 g/mol. The van der Waals surface area contributed by atoms with Crippen molar-refractivity contribution in [1.82, 2.24) is 4.98 Å². The van der Waals surface area contributed by atoms with Gasteiger partial charge in [-0.3, -0.25) is 4.79 Å². The SMILES string of the molecule is N#Cc1c(NC(=O)COC(=O)c2cccnc2Cl)sc2c1CCCC2. The van der Waals surface area contributed by atoms with Crippen molar-refractivity contribution >= 4 is 39.8 Å². The highest BCUT2D eigenvalue weighted by Crippen LogP contribution is 2.37. The zero-order valence-corrected chi connectivity index (χ0v) is 14.7. The van der Waals surface area contributed by atoms with Crippen molar-refractivity contribution in [2.45, 2.75) is 25.7 Å². The molecular formula is C17H14ClN3O3S. The van der Waals surface area contributed by atoms with Gasteiger partial charge in [-0.05, 0) is 43.4 Å². The van der Waals surface area contributed by atoms with Crippen molar-refractivity contribution in [3.8, 4) is 6.07 Å². The highest BCUT2D eigenvalue weighted by Gasteiger charge is 2.22. The summed E-state index contributed by atoms with van der Waals surface area (Å²) in [6, 6.07) is 5.19. The quantitative estimate of drug-likeness (QED) is 0.653. The predicted octanol–water partition coefficient (Wildman–Crippen LogP) is 3.34. The number of aryl methyl sites for hydroxylation is 1. The Morgan fingerprint density at radius 1 is 1.40 bits per heavy atom. The van der Waals surface area contributed by atoms with Crippen LogP contribution in [0.15, 0.2) is 18.3 Å². The van der Waals surface area contributed by atoms with Crippen LogP contribution in [0, 0.1) is 11.3 Å². The largest absolute Gasteiger partial charge is 0.452 e. The van der Waals surface area contributed by atoms with Gasteiger partial charge in [0.05, 0.1) is 11.1 Å². The van der Waals surface area contributed by atoms with Gasteiger partial charge in [-0.25, -0.2) is 9.78 Å². The van der Waals surface area contributed by atoms with E-state index in [1.165, 1.54) is 23.6 Å². The van der Waals surface area contributed by atoms with Crippen LogP contribution < -0.4 is 5.32 Å². The summed E-state index contributed by atoms with van der Waals surface area (Å²) < 4.78 is 4.96. The number of thiophene rings is 1. The Bertz CT molecular complexity index is 873. The third kappa shape index (κ3) is 3.81. The van der Waals surface area contributed by atoms with E-state index in [2.05, 4.69) is 16.4 Å². The Morgan fingerprint density at radius 3 is 2.96 bits per heavy atom. The minimum absolute atomic E-state index is 0.0191. The molecule has 0 fully saturated rings. The molecule has 0 aromatic carbocycles. The lowest BCUT2D eigenvalue weighted by Gasteiger charge is -2.09. The fraction of sp³-hybridized carbons (Fsp3) is 0.294. The van der Waals surface area contributed by atoms with Gasteiger partial charge in [-0.2, -0.15) is 5.26 Å². The number of rotatable bonds is 4. The van der Waals surface area contributed by atoms with Crippen LogP contribution in [0.5, 0.6) is 0 Å². The van der Waals surface area contributed by atoms with Crippen LogP contribution >= 0.6 is 22.9 Å². The van der Waals surface area contributed by atoms with Crippen LogP contribution in [0.1, 0.15) is 39.2 Å². The highest BCUT2D eigenvalue weighted by atomic mass is 35.5. The summed E-state index contributed by atoms with van der Waals surface area (Å²) >= 11 is 7.24. The first-order valence-electron chi connectivity index (χ1n) is 7.72. The van der Waals surface area contributed by atoms with Gasteiger partial charge in [0.15, 0.2) is 6.61 Å². The van der Waals surface area contributed by atoms with E-state index >= 15 is 0 Å². The molecule has 2 aromatic heterocycles. The molecule has 2 heterocycles. The molecular weight excluding hydrogens is 362 g/mol. The van der Waals surface area contributed by atoms with E-state index in [4.69, 9.17) is 16.3 Å². The molecule has 0 spiro atoms. The van der Waals surface area contributed by atoms with Gasteiger partial charge in [0, 0.05) is 11.1 Å². The number of esters is 1. The van der Waals surface area contributed by atoms with Gasteiger partial charge in [0.2, 0.25) is 0 Å². The molecule has 0 saturated heterocycles. The number of nitriles is 1. The lowest BCUT2D eigenvalue weighted by molar-refractivity contribution is -0.119. The maximum absolute atomic E-state index is 12.1. The van der Waals surface area contributed by atoms with E-state index in [1.807, 2.05) is 0 Å². The van der Waals surface area contributed by atoms with E-state index in [0.29, 0.717) is 10.6 Å². The van der Waals surface area contributed by atoms with Crippen LogP contribution in [0.4, 0.5) is 5.00 Å². The Hall–Kier alpha value is -2.43. The first-order valence-corrected chi connectivity index (χ1v) is 8.91. The summed E-state index contributed by atoms with van der Waals surface area (Å²) in [5.41, 5.74) is 1.66. The maximum atomic E-state index is 12.1. The van der Waals surface area contributed by atoms with Crippen molar-refractivity contribution in [3.63, 3.8) is 0 Å². The van der Waals surface area contributed by atoms with E-state index in [0.717, 1.165) is 36.1 Å². The molecule has 0 saturated carbocycles. The van der Waals surface area contributed by atoms with Crippen LogP contribution in [-0.2, 0) is 22.4 Å². The van der Waals surface area contributed by atoms with E-state index in [1.54, 1.807) is 6.07 Å². The lowest BCUT2D eigenvalue weighted by Crippen LogP contribution is -2.21. The average Bonchev–Trinajstić information content (AvgIpc) is 2.97. The molecule has 1 aliphatic rings. The number of aromatic nitrogens is 1. The summed E-state index contributed by atoms with van der Waals surface area (Å²) in [4.78, 5) is 28.9. The second-order valence-electron chi connectivity index (χ2n) is 5.49. The number of pyridine rings is 1.